The number of nitrogens with one attached hydrogen (secondary N) is 1. The van der Waals surface area contributed by atoms with Crippen molar-refractivity contribution >= 4 is 49.7 Å². The minimum absolute atomic E-state index is 0.0534. The maximum Gasteiger partial charge on any atom is 0.257 e. The summed E-state index contributed by atoms with van der Waals surface area (Å²) in [5, 5.41) is 12.1. The molecule has 1 aromatic heterocycles. The normalized spacial score (nSPS) is 14.8. The largest absolute Gasteiger partial charge is 0.495 e. The Balaban J connectivity index is 1.54. The van der Waals surface area contributed by atoms with Gasteiger partial charge in [-0.05, 0) is 43.3 Å². The van der Waals surface area contributed by atoms with Crippen molar-refractivity contribution < 1.29 is 17.9 Å². The fraction of sp³-hybridized carbons (Fsp3) is 0.286. The van der Waals surface area contributed by atoms with Gasteiger partial charge in [0.05, 0.1) is 7.11 Å². The summed E-state index contributed by atoms with van der Waals surface area (Å²) < 4.78 is 33.6. The predicted octanol–water partition coefficient (Wildman–Crippen LogP) is 3.27. The van der Waals surface area contributed by atoms with Gasteiger partial charge in [0, 0.05) is 42.5 Å². The van der Waals surface area contributed by atoms with Crippen molar-refractivity contribution in [2.24, 2.45) is 0 Å². The Hall–Kier alpha value is -2.73. The predicted molar refractivity (Wildman–Crippen MR) is 128 cm³/mol. The van der Waals surface area contributed by atoms with Crippen LogP contribution >= 0.6 is 22.9 Å². The molecule has 1 aliphatic heterocycles. The van der Waals surface area contributed by atoms with Crippen molar-refractivity contribution in [2.45, 2.75) is 11.8 Å². The van der Waals surface area contributed by atoms with E-state index in [9.17, 15) is 13.2 Å². The molecule has 0 bridgehead atoms. The molecule has 4 rings (SSSR count). The zero-order chi connectivity index (χ0) is 23.6. The summed E-state index contributed by atoms with van der Waals surface area (Å²) in [6.07, 6.45) is 0. The second-order valence-corrected chi connectivity index (χ2v) is 10.8. The quantitative estimate of drug-likeness (QED) is 0.546. The highest BCUT2D eigenvalue weighted by atomic mass is 35.5. The second kappa shape index (κ2) is 9.64. The van der Waals surface area contributed by atoms with E-state index in [0.717, 1.165) is 5.69 Å². The molecule has 1 saturated heterocycles. The molecule has 1 amide bonds. The number of carbonyl (C=O) groups excluding carboxylic acids is 1. The van der Waals surface area contributed by atoms with Crippen LogP contribution in [-0.2, 0) is 10.0 Å². The maximum atomic E-state index is 13.5. The van der Waals surface area contributed by atoms with E-state index in [1.165, 1.54) is 41.0 Å². The highest BCUT2D eigenvalue weighted by molar-refractivity contribution is 7.89. The van der Waals surface area contributed by atoms with E-state index in [2.05, 4.69) is 20.4 Å². The van der Waals surface area contributed by atoms with Crippen molar-refractivity contribution in [2.75, 3.05) is 43.5 Å². The number of aromatic nitrogens is 2. The molecule has 1 fully saturated rings. The molecule has 174 valence electrons. The first-order chi connectivity index (χ1) is 15.8. The van der Waals surface area contributed by atoms with Crippen molar-refractivity contribution in [3.63, 3.8) is 0 Å². The monoisotopic (exact) mass is 507 g/mol. The first kappa shape index (κ1) is 23.4. The maximum absolute atomic E-state index is 13.5. The molecule has 1 N–H and O–H groups in total. The van der Waals surface area contributed by atoms with Crippen LogP contribution in [0, 0.1) is 6.92 Å². The molecule has 0 unspecified atom stereocenters. The summed E-state index contributed by atoms with van der Waals surface area (Å²) >= 11 is 7.32. The van der Waals surface area contributed by atoms with Gasteiger partial charge < -0.3 is 9.64 Å². The lowest BCUT2D eigenvalue weighted by atomic mass is 10.2. The first-order valence-electron chi connectivity index (χ1n) is 10.1. The fourth-order valence-corrected chi connectivity index (χ4v) is 5.91. The second-order valence-electron chi connectivity index (χ2n) is 7.32. The van der Waals surface area contributed by atoms with E-state index < -0.39 is 15.9 Å². The van der Waals surface area contributed by atoms with Crippen LogP contribution in [-0.4, -0.2) is 62.1 Å². The van der Waals surface area contributed by atoms with E-state index in [-0.39, 0.29) is 16.2 Å². The van der Waals surface area contributed by atoms with Gasteiger partial charge in [-0.15, -0.1) is 10.2 Å². The van der Waals surface area contributed by atoms with Crippen LogP contribution in [0.15, 0.2) is 47.4 Å². The summed E-state index contributed by atoms with van der Waals surface area (Å²) in [5.41, 5.74) is 1.13. The molecule has 0 spiro atoms. The van der Waals surface area contributed by atoms with Crippen LogP contribution in [0.4, 0.5) is 10.8 Å². The molecule has 0 aliphatic carbocycles. The lowest BCUT2D eigenvalue weighted by Crippen LogP contribution is -2.48. The number of amides is 1. The lowest BCUT2D eigenvalue weighted by Gasteiger charge is -2.35. The topological polar surface area (TPSA) is 105 Å². The number of hydrogen-bond acceptors (Lipinski definition) is 8. The van der Waals surface area contributed by atoms with Crippen LogP contribution < -0.4 is 15.0 Å². The molecule has 33 heavy (non-hydrogen) atoms. The number of piperazine rings is 1. The Morgan fingerprint density at radius 3 is 2.52 bits per heavy atom. The highest BCUT2D eigenvalue weighted by Crippen LogP contribution is 2.30. The number of carbonyl (C=O) groups is 1. The zero-order valence-corrected chi connectivity index (χ0v) is 20.4. The first-order valence-corrected chi connectivity index (χ1v) is 12.7. The number of aryl methyl sites for hydroxylation is 1. The van der Waals surface area contributed by atoms with Gasteiger partial charge in [0.15, 0.2) is 0 Å². The van der Waals surface area contributed by atoms with Gasteiger partial charge in [-0.25, -0.2) is 8.42 Å². The minimum Gasteiger partial charge on any atom is -0.495 e. The summed E-state index contributed by atoms with van der Waals surface area (Å²) in [6.45, 7) is 3.38. The summed E-state index contributed by atoms with van der Waals surface area (Å²) in [5.74, 6) is -0.299. The Morgan fingerprint density at radius 1 is 1.12 bits per heavy atom. The van der Waals surface area contributed by atoms with E-state index in [1.807, 2.05) is 18.2 Å². The molecule has 0 saturated carbocycles. The van der Waals surface area contributed by atoms with Crippen LogP contribution in [0.1, 0.15) is 15.4 Å². The SMILES string of the molecule is COc1ccc(C(=O)Nc2nnc(C)s2)cc1S(=O)(=O)N1CCN(c2cccc(Cl)c2)CC1. The summed E-state index contributed by atoms with van der Waals surface area (Å²) in [7, 11) is -2.50. The number of halogens is 1. The van der Waals surface area contributed by atoms with E-state index in [0.29, 0.717) is 41.3 Å². The highest BCUT2D eigenvalue weighted by Gasteiger charge is 2.32. The van der Waals surface area contributed by atoms with Gasteiger partial charge in [-0.2, -0.15) is 4.31 Å². The molecule has 0 atom stereocenters. The van der Waals surface area contributed by atoms with E-state index in [1.54, 1.807) is 13.0 Å². The van der Waals surface area contributed by atoms with Crippen LogP contribution in [0.3, 0.4) is 0 Å². The van der Waals surface area contributed by atoms with Crippen LogP contribution in [0.5, 0.6) is 5.75 Å². The minimum atomic E-state index is -3.89. The molecule has 0 radical (unpaired) electrons. The van der Waals surface area contributed by atoms with Gasteiger partial charge in [-0.3, -0.25) is 10.1 Å². The molecule has 2 heterocycles. The van der Waals surface area contributed by atoms with Crippen molar-refractivity contribution in [1.82, 2.24) is 14.5 Å². The van der Waals surface area contributed by atoms with Gasteiger partial charge >= 0.3 is 0 Å². The van der Waals surface area contributed by atoms with Gasteiger partial charge in [0.2, 0.25) is 15.2 Å². The molecule has 3 aromatic rings. The van der Waals surface area contributed by atoms with Crippen molar-refractivity contribution in [1.29, 1.82) is 0 Å². The number of sulfonamides is 1. The standard InChI is InChI=1S/C21H22ClN5O4S2/c1-14-24-25-21(32-14)23-20(28)15-6-7-18(31-2)19(12-15)33(29,30)27-10-8-26(9-11-27)17-5-3-4-16(22)13-17/h3-7,12-13H,8-11H2,1-2H3,(H,23,25,28). The average Bonchev–Trinajstić information content (AvgIpc) is 3.23. The number of rotatable bonds is 6. The van der Waals surface area contributed by atoms with E-state index >= 15 is 0 Å². The molecular weight excluding hydrogens is 486 g/mol. The third-order valence-electron chi connectivity index (χ3n) is 5.20. The molecule has 2 aromatic carbocycles. The number of anilines is 2. The average molecular weight is 508 g/mol. The van der Waals surface area contributed by atoms with Crippen molar-refractivity contribution in [3.8, 4) is 5.75 Å². The number of methoxy groups -OCH3 is 1. The summed E-state index contributed by atoms with van der Waals surface area (Å²) in [4.78, 5) is 14.7. The van der Waals surface area contributed by atoms with E-state index in [4.69, 9.17) is 16.3 Å². The lowest BCUT2D eigenvalue weighted by molar-refractivity contribution is 0.102. The molecular formula is C21H22ClN5O4S2. The van der Waals surface area contributed by atoms with Gasteiger partial charge in [0.25, 0.3) is 5.91 Å². The molecule has 12 heteroatoms. The smallest absolute Gasteiger partial charge is 0.257 e. The zero-order valence-electron chi connectivity index (χ0n) is 18.0. The van der Waals surface area contributed by atoms with Crippen LogP contribution in [0.2, 0.25) is 5.02 Å². The third kappa shape index (κ3) is 5.11. The number of nitrogens with zero attached hydrogens (tertiary/aromatic N) is 4. The number of ether oxygens (including phenoxy) is 1. The van der Waals surface area contributed by atoms with Gasteiger partial charge in [0.1, 0.15) is 15.7 Å². The molecule has 1 aliphatic rings. The Labute approximate surface area is 201 Å². The third-order valence-corrected chi connectivity index (χ3v) is 8.11. The Kier molecular flexibility index (Phi) is 6.84. The number of hydrogen-bond donors (Lipinski definition) is 1. The van der Waals surface area contributed by atoms with Crippen molar-refractivity contribution in [3.05, 3.63) is 58.1 Å². The van der Waals surface area contributed by atoms with Crippen LogP contribution in [0.25, 0.3) is 0 Å². The molecule has 9 nitrogen and oxygen atoms in total. The number of benzene rings is 2. The Bertz CT molecular complexity index is 1270. The summed E-state index contributed by atoms with van der Waals surface area (Å²) in [6, 6.07) is 11.8. The van der Waals surface area contributed by atoms with Gasteiger partial charge in [-0.1, -0.05) is 29.0 Å². The Morgan fingerprint density at radius 2 is 1.88 bits per heavy atom. The fourth-order valence-electron chi connectivity index (χ4n) is 3.53.